The van der Waals surface area contributed by atoms with Crippen molar-refractivity contribution in [1.82, 2.24) is 14.9 Å². The van der Waals surface area contributed by atoms with E-state index < -0.39 is 0 Å². The summed E-state index contributed by atoms with van der Waals surface area (Å²) < 4.78 is 1.92. The Labute approximate surface area is 187 Å². The van der Waals surface area contributed by atoms with Crippen LogP contribution in [0, 0.1) is 13.8 Å². The monoisotopic (exact) mass is 426 g/mol. The van der Waals surface area contributed by atoms with E-state index in [-0.39, 0.29) is 18.4 Å². The number of hydrogen-bond acceptors (Lipinski definition) is 3. The molecule has 2 N–H and O–H groups in total. The first-order valence-corrected chi connectivity index (χ1v) is 10.7. The maximum Gasteiger partial charge on any atom is 0.251 e. The highest BCUT2D eigenvalue weighted by atomic mass is 16.2. The molecule has 3 aromatic carbocycles. The van der Waals surface area contributed by atoms with Gasteiger partial charge in [0.2, 0.25) is 5.91 Å². The fourth-order valence-corrected chi connectivity index (χ4v) is 3.75. The Kier molecular flexibility index (Phi) is 6.31. The molecule has 4 rings (SSSR count). The second kappa shape index (κ2) is 9.47. The lowest BCUT2D eigenvalue weighted by Crippen LogP contribution is -2.27. The molecule has 0 spiro atoms. The maximum absolute atomic E-state index is 12.8. The number of carbonyl (C=O) groups excluding carboxylic acids is 2. The quantitative estimate of drug-likeness (QED) is 0.464. The standard InChI is InChI=1S/C26H26N4O2/c1-18-9-3-5-11-20(18)26(32)27-16-15-24-28-22-13-7-8-14-23(22)30(24)17-25(31)29-21-12-6-4-10-19(21)2/h3-14H,15-17H2,1-2H3,(H,27,32)(H,29,31). The van der Waals surface area contributed by atoms with Gasteiger partial charge in [-0.25, -0.2) is 4.98 Å². The third kappa shape index (κ3) is 4.70. The topological polar surface area (TPSA) is 76.0 Å². The summed E-state index contributed by atoms with van der Waals surface area (Å²) in [5.41, 5.74) is 5.14. The number of benzene rings is 3. The van der Waals surface area contributed by atoms with E-state index in [2.05, 4.69) is 10.6 Å². The molecule has 0 aliphatic rings. The molecule has 6 heteroatoms. The van der Waals surface area contributed by atoms with Gasteiger partial charge in [0.1, 0.15) is 12.4 Å². The fourth-order valence-electron chi connectivity index (χ4n) is 3.75. The molecule has 32 heavy (non-hydrogen) atoms. The van der Waals surface area contributed by atoms with E-state index in [1.807, 2.05) is 91.2 Å². The van der Waals surface area contributed by atoms with Gasteiger partial charge >= 0.3 is 0 Å². The minimum Gasteiger partial charge on any atom is -0.352 e. The summed E-state index contributed by atoms with van der Waals surface area (Å²) in [6, 6.07) is 22.9. The van der Waals surface area contributed by atoms with E-state index in [4.69, 9.17) is 4.98 Å². The largest absolute Gasteiger partial charge is 0.352 e. The molecule has 0 saturated carbocycles. The van der Waals surface area contributed by atoms with Crippen LogP contribution in [0.3, 0.4) is 0 Å². The number of aromatic nitrogens is 2. The highest BCUT2D eigenvalue weighted by Gasteiger charge is 2.15. The first-order valence-electron chi connectivity index (χ1n) is 10.7. The van der Waals surface area contributed by atoms with Crippen molar-refractivity contribution in [2.24, 2.45) is 0 Å². The molecule has 162 valence electrons. The summed E-state index contributed by atoms with van der Waals surface area (Å²) in [5.74, 6) is 0.534. The molecular weight excluding hydrogens is 400 g/mol. The molecule has 4 aromatic rings. The summed E-state index contributed by atoms with van der Waals surface area (Å²) >= 11 is 0. The first kappa shape index (κ1) is 21.3. The van der Waals surface area contributed by atoms with Crippen LogP contribution in [0.1, 0.15) is 27.3 Å². The lowest BCUT2D eigenvalue weighted by Gasteiger charge is -2.12. The predicted octanol–water partition coefficient (Wildman–Crippen LogP) is 4.26. The van der Waals surface area contributed by atoms with Crippen molar-refractivity contribution in [3.8, 4) is 0 Å². The Bertz CT molecular complexity index is 1280. The number of nitrogens with one attached hydrogen (secondary N) is 2. The molecule has 6 nitrogen and oxygen atoms in total. The zero-order chi connectivity index (χ0) is 22.5. The Hall–Kier alpha value is -3.93. The maximum atomic E-state index is 12.8. The van der Waals surface area contributed by atoms with E-state index in [1.54, 1.807) is 0 Å². The average Bonchev–Trinajstić information content (AvgIpc) is 3.13. The van der Waals surface area contributed by atoms with Gasteiger partial charge in [-0.1, -0.05) is 48.5 Å². The number of aryl methyl sites for hydroxylation is 2. The van der Waals surface area contributed by atoms with Crippen molar-refractivity contribution in [2.75, 3.05) is 11.9 Å². The summed E-state index contributed by atoms with van der Waals surface area (Å²) in [6.45, 7) is 4.46. The molecule has 1 heterocycles. The number of nitrogens with zero attached hydrogens (tertiary/aromatic N) is 2. The van der Waals surface area contributed by atoms with E-state index >= 15 is 0 Å². The number of imidazole rings is 1. The number of rotatable bonds is 7. The Morgan fingerprint density at radius 1 is 0.875 bits per heavy atom. The number of para-hydroxylation sites is 3. The molecule has 0 aliphatic carbocycles. The van der Waals surface area contributed by atoms with Gasteiger partial charge in [-0.05, 0) is 49.2 Å². The van der Waals surface area contributed by atoms with Gasteiger partial charge in [0.05, 0.1) is 11.0 Å². The lowest BCUT2D eigenvalue weighted by molar-refractivity contribution is -0.116. The highest BCUT2D eigenvalue weighted by molar-refractivity contribution is 5.95. The Balaban J connectivity index is 1.49. The molecule has 1 aromatic heterocycles. The number of hydrogen-bond donors (Lipinski definition) is 2. The molecule has 0 radical (unpaired) electrons. The van der Waals surface area contributed by atoms with Crippen LogP contribution in [0.5, 0.6) is 0 Å². The molecule has 2 amide bonds. The molecule has 0 atom stereocenters. The van der Waals surface area contributed by atoms with Crippen molar-refractivity contribution in [2.45, 2.75) is 26.8 Å². The zero-order valence-corrected chi connectivity index (χ0v) is 18.3. The first-order chi connectivity index (χ1) is 15.5. The minimum atomic E-state index is -0.118. The van der Waals surface area contributed by atoms with Gasteiger partial charge in [0, 0.05) is 24.2 Å². The normalized spacial score (nSPS) is 10.8. The summed E-state index contributed by atoms with van der Waals surface area (Å²) in [5, 5.41) is 5.95. The fraction of sp³-hybridized carbons (Fsp3) is 0.192. The number of amides is 2. The van der Waals surface area contributed by atoms with Crippen LogP contribution >= 0.6 is 0 Å². The van der Waals surface area contributed by atoms with Crippen LogP contribution < -0.4 is 10.6 Å². The highest BCUT2D eigenvalue weighted by Crippen LogP contribution is 2.18. The van der Waals surface area contributed by atoms with Crippen molar-refractivity contribution >= 4 is 28.5 Å². The molecule has 0 bridgehead atoms. The number of fused-ring (bicyclic) bond motifs is 1. The van der Waals surface area contributed by atoms with Crippen LogP contribution in [0.15, 0.2) is 72.8 Å². The third-order valence-electron chi connectivity index (χ3n) is 5.48. The van der Waals surface area contributed by atoms with Gasteiger partial charge in [0.15, 0.2) is 0 Å². The Morgan fingerprint density at radius 3 is 2.34 bits per heavy atom. The van der Waals surface area contributed by atoms with Crippen LogP contribution in [-0.2, 0) is 17.8 Å². The zero-order valence-electron chi connectivity index (χ0n) is 18.3. The van der Waals surface area contributed by atoms with Crippen LogP contribution in [-0.4, -0.2) is 27.9 Å². The van der Waals surface area contributed by atoms with Gasteiger partial charge in [-0.2, -0.15) is 0 Å². The van der Waals surface area contributed by atoms with Gasteiger partial charge in [0.25, 0.3) is 5.91 Å². The lowest BCUT2D eigenvalue weighted by atomic mass is 10.1. The molecule has 0 saturated heterocycles. The van der Waals surface area contributed by atoms with Crippen molar-refractivity contribution in [3.63, 3.8) is 0 Å². The van der Waals surface area contributed by atoms with E-state index in [0.29, 0.717) is 18.5 Å². The second-order valence-electron chi connectivity index (χ2n) is 7.79. The Morgan fingerprint density at radius 2 is 1.56 bits per heavy atom. The molecule has 0 unspecified atom stereocenters. The summed E-state index contributed by atoms with van der Waals surface area (Å²) in [6.07, 6.45) is 0.518. The third-order valence-corrected chi connectivity index (χ3v) is 5.48. The number of anilines is 1. The van der Waals surface area contributed by atoms with E-state index in [1.165, 1.54) is 0 Å². The van der Waals surface area contributed by atoms with Gasteiger partial charge < -0.3 is 15.2 Å². The van der Waals surface area contributed by atoms with Crippen molar-refractivity contribution in [1.29, 1.82) is 0 Å². The smallest absolute Gasteiger partial charge is 0.251 e. The van der Waals surface area contributed by atoms with Crippen LogP contribution in [0.25, 0.3) is 11.0 Å². The van der Waals surface area contributed by atoms with Crippen LogP contribution in [0.2, 0.25) is 0 Å². The second-order valence-corrected chi connectivity index (χ2v) is 7.79. The molecule has 0 aliphatic heterocycles. The average molecular weight is 427 g/mol. The predicted molar refractivity (Wildman–Crippen MR) is 127 cm³/mol. The SMILES string of the molecule is Cc1ccccc1NC(=O)Cn1c(CCNC(=O)c2ccccc2C)nc2ccccc21. The minimum absolute atomic E-state index is 0.108. The van der Waals surface area contributed by atoms with E-state index in [9.17, 15) is 9.59 Å². The van der Waals surface area contributed by atoms with Gasteiger partial charge in [-0.3, -0.25) is 9.59 Å². The van der Waals surface area contributed by atoms with E-state index in [0.717, 1.165) is 33.7 Å². The summed E-state index contributed by atoms with van der Waals surface area (Å²) in [4.78, 5) is 30.0. The number of carbonyl (C=O) groups is 2. The molecular formula is C26H26N4O2. The van der Waals surface area contributed by atoms with Gasteiger partial charge in [-0.15, -0.1) is 0 Å². The molecule has 0 fully saturated rings. The van der Waals surface area contributed by atoms with Crippen LogP contribution in [0.4, 0.5) is 5.69 Å². The summed E-state index contributed by atoms with van der Waals surface area (Å²) in [7, 11) is 0. The van der Waals surface area contributed by atoms with Crippen molar-refractivity contribution in [3.05, 3.63) is 95.3 Å². The van der Waals surface area contributed by atoms with Crippen molar-refractivity contribution < 1.29 is 9.59 Å².